The molecule has 34 heteroatoms. The first-order valence-corrected chi connectivity index (χ1v) is 22.4. The number of ether oxygens (including phenoxy) is 5. The fourth-order valence-electron chi connectivity index (χ4n) is 4.93. The number of benzene rings is 1. The Bertz CT molecular complexity index is 2330. The van der Waals surface area contributed by atoms with Crippen LogP contribution in [0.2, 0.25) is 0 Å². The number of aromatic nitrogens is 2. The second-order valence-corrected chi connectivity index (χ2v) is 16.7. The van der Waals surface area contributed by atoms with E-state index < -0.39 is 85.6 Å². The van der Waals surface area contributed by atoms with E-state index in [9.17, 15) is 42.7 Å². The van der Waals surface area contributed by atoms with Crippen molar-refractivity contribution in [2.24, 2.45) is 10.2 Å². The molecular weight excluding hydrogens is 925 g/mol. The maximum Gasteiger partial charge on any atom is 0.490 e. The lowest BCUT2D eigenvalue weighted by Gasteiger charge is -2.21. The molecule has 0 saturated carbocycles. The van der Waals surface area contributed by atoms with Crippen molar-refractivity contribution in [1.29, 1.82) is 0 Å². The van der Waals surface area contributed by atoms with E-state index in [1.807, 2.05) is 0 Å². The van der Waals surface area contributed by atoms with Crippen molar-refractivity contribution < 1.29 is 84.5 Å². The maximum absolute atomic E-state index is 12.8. The molecule has 1 saturated heterocycles. The summed E-state index contributed by atoms with van der Waals surface area (Å²) in [7, 11) is -17.1. The van der Waals surface area contributed by atoms with Crippen LogP contribution in [0.15, 0.2) is 45.5 Å². The highest BCUT2D eigenvalue weighted by Crippen LogP contribution is 2.66. The minimum Gasteiger partial charge on any atom is -0.491 e. The molecule has 64 heavy (non-hydrogen) atoms. The molecule has 0 radical (unpaired) electrons. The maximum atomic E-state index is 12.8. The Morgan fingerprint density at radius 3 is 2.53 bits per heavy atom. The number of nitrogens with one attached hydrogen (secondary N) is 3. The number of azide groups is 2. The van der Waals surface area contributed by atoms with E-state index in [0.29, 0.717) is 0 Å². The van der Waals surface area contributed by atoms with Gasteiger partial charge in [-0.15, -0.1) is 0 Å². The number of phosphoric acid groups is 3. The van der Waals surface area contributed by atoms with E-state index in [4.69, 9.17) is 50.3 Å². The fraction of sp³-hybridized carbons (Fsp3) is 0.500. The highest BCUT2D eigenvalue weighted by molar-refractivity contribution is 7.66. The molecule has 1 aromatic heterocycles. The summed E-state index contributed by atoms with van der Waals surface area (Å²) in [5.41, 5.74) is 22.7. The van der Waals surface area contributed by atoms with Crippen molar-refractivity contribution in [1.82, 2.24) is 25.5 Å². The van der Waals surface area contributed by atoms with Crippen LogP contribution in [0.25, 0.3) is 20.9 Å². The number of hydrogen-bond donors (Lipinski definition) is 8. The van der Waals surface area contributed by atoms with Crippen LogP contribution in [0.4, 0.5) is 5.82 Å². The average molecular weight is 967 g/mol. The monoisotopic (exact) mass is 966 g/mol. The van der Waals surface area contributed by atoms with Crippen molar-refractivity contribution in [3.05, 3.63) is 73.0 Å². The van der Waals surface area contributed by atoms with Crippen molar-refractivity contribution in [3.8, 4) is 17.6 Å². The van der Waals surface area contributed by atoms with Gasteiger partial charge in [0.1, 0.15) is 43.8 Å². The molecule has 6 atom stereocenters. The molecule has 2 aromatic rings. The van der Waals surface area contributed by atoms with Gasteiger partial charge in [0.15, 0.2) is 6.23 Å². The molecule has 3 rings (SSSR count). The largest absolute Gasteiger partial charge is 0.491 e. The summed E-state index contributed by atoms with van der Waals surface area (Å²) in [6, 6.07) is 6.17. The number of carbonyl (C=O) groups excluding carboxylic acids is 3. The van der Waals surface area contributed by atoms with Crippen LogP contribution in [-0.2, 0) is 55.4 Å². The summed E-state index contributed by atoms with van der Waals surface area (Å²) in [5, 5.41) is 14.4. The normalized spacial score (nSPS) is 18.0. The third kappa shape index (κ3) is 19.9. The average Bonchev–Trinajstić information content (AvgIpc) is 3.61. The summed E-state index contributed by atoms with van der Waals surface area (Å²) < 4.78 is 75.1. The quantitative estimate of drug-likeness (QED) is 0.0156. The van der Waals surface area contributed by atoms with Crippen LogP contribution in [0.3, 0.4) is 0 Å². The Kier molecular flexibility index (Phi) is 21.3. The Labute approximate surface area is 360 Å². The van der Waals surface area contributed by atoms with Gasteiger partial charge in [-0.05, 0) is 29.3 Å². The molecule has 9 N–H and O–H groups in total. The Morgan fingerprint density at radius 2 is 1.83 bits per heavy atom. The first-order chi connectivity index (χ1) is 30.2. The standard InChI is InChI=1S/C30H41N12O19P3/c1-19(43)34-8-9-36-29(45)20-4-2-6-22(12-20)56-17-26(39-41-33)55-11-10-54-16-25(44)35-7-3-5-21-14-42(30(46)38-28(21)31)27-13-23(57-18-37-40-32)24(59-27)15-58-63(50,51)61-64(52,53)60-62(47,48)49/h2,4,6,12,14,23-24,26-27H,7-11,13,15-18H2,1H3,(H,34,43)(H,35,44)(H,36,45)(H,50,51)(H,52,53)(H2,31,38,46)(H2,47,48,49)/t23-,24?,26?,27?/m0/s1. The fourth-order valence-corrected chi connectivity index (χ4v) is 7.96. The molecule has 5 unspecified atom stereocenters. The Morgan fingerprint density at radius 1 is 1.08 bits per heavy atom. The first-order valence-electron chi connectivity index (χ1n) is 17.9. The first kappa shape index (κ1) is 52.9. The summed E-state index contributed by atoms with van der Waals surface area (Å²) in [5.74, 6) is 4.00. The van der Waals surface area contributed by atoms with Crippen LogP contribution in [0.1, 0.15) is 35.5 Å². The van der Waals surface area contributed by atoms with E-state index in [1.54, 1.807) is 18.2 Å². The summed E-state index contributed by atoms with van der Waals surface area (Å²) >= 11 is 0. The summed E-state index contributed by atoms with van der Waals surface area (Å²) in [4.78, 5) is 94.0. The van der Waals surface area contributed by atoms with Gasteiger partial charge in [-0.2, -0.15) is 13.6 Å². The number of amides is 3. The number of nitrogen functional groups attached to an aromatic ring is 1. The molecule has 1 aromatic carbocycles. The zero-order valence-corrected chi connectivity index (χ0v) is 35.9. The highest BCUT2D eigenvalue weighted by Gasteiger charge is 2.43. The Hall–Kier alpha value is -5.46. The lowest BCUT2D eigenvalue weighted by molar-refractivity contribution is -0.126. The molecule has 0 aliphatic carbocycles. The van der Waals surface area contributed by atoms with Crippen molar-refractivity contribution >= 4 is 47.0 Å². The van der Waals surface area contributed by atoms with Crippen LogP contribution in [0, 0.1) is 11.8 Å². The molecule has 0 spiro atoms. The van der Waals surface area contributed by atoms with E-state index in [2.05, 4.69) is 66.0 Å². The molecule has 2 heterocycles. The summed E-state index contributed by atoms with van der Waals surface area (Å²) in [6.45, 7) is -0.820. The zero-order valence-electron chi connectivity index (χ0n) is 33.2. The molecule has 0 bridgehead atoms. The number of hydrogen-bond acceptors (Lipinski definition) is 19. The predicted octanol–water partition coefficient (Wildman–Crippen LogP) is 0.192. The van der Waals surface area contributed by atoms with E-state index >= 15 is 0 Å². The second kappa shape index (κ2) is 25.7. The van der Waals surface area contributed by atoms with Gasteiger partial charge in [-0.25, -0.2) is 18.5 Å². The van der Waals surface area contributed by atoms with Gasteiger partial charge in [0.2, 0.25) is 11.8 Å². The molecule has 31 nitrogen and oxygen atoms in total. The third-order valence-electron chi connectivity index (χ3n) is 7.52. The van der Waals surface area contributed by atoms with Gasteiger partial charge >= 0.3 is 29.2 Å². The van der Waals surface area contributed by atoms with Crippen LogP contribution >= 0.6 is 23.5 Å². The number of phosphoric ester groups is 1. The molecule has 1 aliphatic rings. The highest BCUT2D eigenvalue weighted by atomic mass is 31.3. The number of anilines is 1. The topological polar surface area (TPSA) is 452 Å². The van der Waals surface area contributed by atoms with Gasteiger partial charge < -0.3 is 64.9 Å². The Balaban J connectivity index is 1.49. The van der Waals surface area contributed by atoms with Crippen molar-refractivity contribution in [2.75, 3.05) is 65.1 Å². The van der Waals surface area contributed by atoms with Gasteiger partial charge in [-0.3, -0.25) is 23.5 Å². The third-order valence-corrected chi connectivity index (χ3v) is 11.3. The number of nitrogens with zero attached hydrogens (tertiary/aromatic N) is 8. The minimum absolute atomic E-state index is 0.0129. The molecular formula is C30H41N12O19P3. The predicted molar refractivity (Wildman–Crippen MR) is 213 cm³/mol. The molecule has 1 fully saturated rings. The van der Waals surface area contributed by atoms with E-state index in [0.717, 1.165) is 10.8 Å². The van der Waals surface area contributed by atoms with Crippen molar-refractivity contribution in [2.45, 2.75) is 38.0 Å². The van der Waals surface area contributed by atoms with Gasteiger partial charge in [0.25, 0.3) is 5.91 Å². The van der Waals surface area contributed by atoms with E-state index in [-0.39, 0.29) is 74.5 Å². The van der Waals surface area contributed by atoms with Crippen LogP contribution < -0.4 is 32.1 Å². The van der Waals surface area contributed by atoms with Crippen molar-refractivity contribution in [3.63, 3.8) is 0 Å². The molecule has 350 valence electrons. The second-order valence-electron chi connectivity index (χ2n) is 12.3. The van der Waals surface area contributed by atoms with Gasteiger partial charge in [0, 0.05) is 48.0 Å². The minimum atomic E-state index is -5.83. The zero-order chi connectivity index (χ0) is 47.3. The number of nitrogens with two attached hydrogens (primary N) is 1. The molecule has 1 aliphatic heterocycles. The lowest BCUT2D eigenvalue weighted by Crippen LogP contribution is -2.33. The molecule has 3 amide bonds. The van der Waals surface area contributed by atoms with Crippen LogP contribution in [-0.4, -0.2) is 125 Å². The number of rotatable bonds is 26. The number of carbonyl (C=O) groups is 3. The van der Waals surface area contributed by atoms with Gasteiger partial charge in [0.05, 0.1) is 38.0 Å². The van der Waals surface area contributed by atoms with E-state index in [1.165, 1.54) is 13.0 Å². The van der Waals surface area contributed by atoms with Gasteiger partial charge in [-0.1, -0.05) is 28.1 Å². The lowest BCUT2D eigenvalue weighted by atomic mass is 10.2. The summed E-state index contributed by atoms with van der Waals surface area (Å²) in [6.07, 6.45) is -3.94. The smallest absolute Gasteiger partial charge is 0.490 e. The SMILES string of the molecule is CC(=O)NCCNC(=O)c1cccc(OCC(N=[N+]=[N-])OCCOCC(=O)NCC#Cc2cn(C3C[C@H](OCN=[N+]=[N-])C(COP(=O)(O)OP(=O)(O)OP(=O)(O)O)O3)c(=O)nc2N)c1. The van der Waals surface area contributed by atoms with Crippen LogP contribution in [0.5, 0.6) is 5.75 Å².